The van der Waals surface area contributed by atoms with Crippen molar-refractivity contribution in [2.45, 2.75) is 33.1 Å². The summed E-state index contributed by atoms with van der Waals surface area (Å²) in [6.07, 6.45) is 2.01. The van der Waals surface area contributed by atoms with Gasteiger partial charge in [-0.05, 0) is 20.3 Å². The highest BCUT2D eigenvalue weighted by molar-refractivity contribution is 5.77. The van der Waals surface area contributed by atoms with Gasteiger partial charge in [0.05, 0.1) is 0 Å². The summed E-state index contributed by atoms with van der Waals surface area (Å²) in [5.41, 5.74) is 0. The van der Waals surface area contributed by atoms with E-state index < -0.39 is 0 Å². The van der Waals surface area contributed by atoms with Crippen molar-refractivity contribution >= 4 is 11.6 Å². The molecule has 68 valence electrons. The lowest BCUT2D eigenvalue weighted by atomic mass is 10.2. The highest BCUT2D eigenvalue weighted by Crippen LogP contribution is 1.99. The van der Waals surface area contributed by atoms with Crippen LogP contribution in [0.4, 0.5) is 0 Å². The van der Waals surface area contributed by atoms with E-state index in [0.29, 0.717) is 0 Å². The summed E-state index contributed by atoms with van der Waals surface area (Å²) in [5.74, 6) is -0.161. The molecule has 0 radical (unpaired) electrons. The SMILES string of the molecule is CC(=O)CC=C([O-])CCC(C)=O. The fourth-order valence-electron chi connectivity index (χ4n) is 0.659. The zero-order chi connectivity index (χ0) is 9.56. The molecule has 0 amide bonds. The van der Waals surface area contributed by atoms with Crippen LogP contribution in [0.25, 0.3) is 0 Å². The van der Waals surface area contributed by atoms with E-state index in [9.17, 15) is 14.7 Å². The third kappa shape index (κ3) is 6.99. The van der Waals surface area contributed by atoms with Crippen LogP contribution < -0.4 is 5.11 Å². The van der Waals surface area contributed by atoms with Crippen LogP contribution in [0.1, 0.15) is 33.1 Å². The lowest BCUT2D eigenvalue weighted by molar-refractivity contribution is -0.307. The molecule has 0 saturated carbocycles. The molecule has 0 bridgehead atoms. The fraction of sp³-hybridized carbons (Fsp3) is 0.556. The third-order valence-electron chi connectivity index (χ3n) is 1.34. The monoisotopic (exact) mass is 169 g/mol. The van der Waals surface area contributed by atoms with E-state index in [4.69, 9.17) is 0 Å². The van der Waals surface area contributed by atoms with Gasteiger partial charge in [0.1, 0.15) is 11.6 Å². The van der Waals surface area contributed by atoms with Gasteiger partial charge in [-0.25, -0.2) is 0 Å². The maximum atomic E-state index is 10.9. The number of carbonyl (C=O) groups excluding carboxylic acids is 2. The maximum absolute atomic E-state index is 10.9. The first-order valence-electron chi connectivity index (χ1n) is 3.87. The van der Waals surface area contributed by atoms with Crippen LogP contribution in [0.5, 0.6) is 0 Å². The van der Waals surface area contributed by atoms with Crippen molar-refractivity contribution in [3.8, 4) is 0 Å². The van der Waals surface area contributed by atoms with Crippen LogP contribution in [0.15, 0.2) is 11.8 Å². The summed E-state index contributed by atoms with van der Waals surface area (Å²) in [7, 11) is 0. The molecule has 12 heavy (non-hydrogen) atoms. The average Bonchev–Trinajstić information content (AvgIpc) is 1.96. The van der Waals surface area contributed by atoms with Crippen LogP contribution in [0.3, 0.4) is 0 Å². The first kappa shape index (κ1) is 10.9. The average molecular weight is 169 g/mol. The zero-order valence-electron chi connectivity index (χ0n) is 7.42. The highest BCUT2D eigenvalue weighted by atomic mass is 16.3. The molecule has 0 fully saturated rings. The minimum absolute atomic E-state index is 0.000394. The Hall–Kier alpha value is -1.12. The van der Waals surface area contributed by atoms with E-state index in [0.717, 1.165) is 0 Å². The van der Waals surface area contributed by atoms with Crippen molar-refractivity contribution in [3.63, 3.8) is 0 Å². The number of hydrogen-bond acceptors (Lipinski definition) is 3. The molecule has 0 heterocycles. The standard InChI is InChI=1S/C9H14O3/c1-7(10)3-5-9(12)6-4-8(2)11/h5,12H,3-4,6H2,1-2H3/p-1. The third-order valence-corrected chi connectivity index (χ3v) is 1.34. The van der Waals surface area contributed by atoms with Crippen molar-refractivity contribution in [2.75, 3.05) is 0 Å². The van der Waals surface area contributed by atoms with Crippen LogP contribution >= 0.6 is 0 Å². The summed E-state index contributed by atoms with van der Waals surface area (Å²) in [6.45, 7) is 2.87. The molecular weight excluding hydrogens is 156 g/mol. The van der Waals surface area contributed by atoms with E-state index >= 15 is 0 Å². The number of ketones is 2. The van der Waals surface area contributed by atoms with E-state index in [1.165, 1.54) is 19.9 Å². The molecule has 0 aromatic heterocycles. The molecule has 0 aliphatic heterocycles. The Morgan fingerprint density at radius 1 is 1.17 bits per heavy atom. The molecule has 0 aromatic rings. The van der Waals surface area contributed by atoms with Crippen molar-refractivity contribution in [3.05, 3.63) is 11.8 Å². The van der Waals surface area contributed by atoms with Gasteiger partial charge in [-0.3, -0.25) is 4.79 Å². The molecular formula is C9H13O3-. The Morgan fingerprint density at radius 2 is 1.75 bits per heavy atom. The first-order chi connectivity index (χ1) is 5.52. The lowest BCUT2D eigenvalue weighted by Crippen LogP contribution is -2.06. The second-order valence-corrected chi connectivity index (χ2v) is 2.78. The van der Waals surface area contributed by atoms with Gasteiger partial charge in [-0.2, -0.15) is 0 Å². The van der Waals surface area contributed by atoms with Gasteiger partial charge in [-0.1, -0.05) is 6.08 Å². The summed E-state index contributed by atoms with van der Waals surface area (Å²) in [4.78, 5) is 20.9. The van der Waals surface area contributed by atoms with Gasteiger partial charge in [0.2, 0.25) is 0 Å². The number of hydrogen-bond donors (Lipinski definition) is 0. The van der Waals surface area contributed by atoms with Crippen LogP contribution in [-0.2, 0) is 9.59 Å². The Morgan fingerprint density at radius 3 is 2.17 bits per heavy atom. The summed E-state index contributed by atoms with van der Waals surface area (Å²) >= 11 is 0. The van der Waals surface area contributed by atoms with Gasteiger partial charge in [0, 0.05) is 12.8 Å². The van der Waals surface area contributed by atoms with Crippen molar-refractivity contribution < 1.29 is 14.7 Å². The topological polar surface area (TPSA) is 57.2 Å². The minimum atomic E-state index is -0.125. The van der Waals surface area contributed by atoms with Gasteiger partial charge >= 0.3 is 0 Å². The predicted octanol–water partition coefficient (Wildman–Crippen LogP) is 0.579. The van der Waals surface area contributed by atoms with Crippen LogP contribution in [-0.4, -0.2) is 11.6 Å². The van der Waals surface area contributed by atoms with E-state index in [1.54, 1.807) is 0 Å². The van der Waals surface area contributed by atoms with Crippen LogP contribution in [0.2, 0.25) is 0 Å². The number of carbonyl (C=O) groups is 2. The number of allylic oxidation sites excluding steroid dienone is 2. The zero-order valence-corrected chi connectivity index (χ0v) is 7.42. The molecule has 0 unspecified atom stereocenters. The Labute approximate surface area is 72.1 Å². The Balaban J connectivity index is 3.70. The predicted molar refractivity (Wildman–Crippen MR) is 43.3 cm³/mol. The normalized spacial score (nSPS) is 11.3. The quantitative estimate of drug-likeness (QED) is 0.565. The fourth-order valence-corrected chi connectivity index (χ4v) is 0.659. The summed E-state index contributed by atoms with van der Waals surface area (Å²) in [5, 5.41) is 10.9. The molecule has 0 rings (SSSR count). The van der Waals surface area contributed by atoms with Crippen molar-refractivity contribution in [1.29, 1.82) is 0 Å². The maximum Gasteiger partial charge on any atom is 0.133 e. The highest BCUT2D eigenvalue weighted by Gasteiger charge is 1.92. The van der Waals surface area contributed by atoms with Gasteiger partial charge in [0.25, 0.3) is 0 Å². The largest absolute Gasteiger partial charge is 0.876 e. The molecule has 0 aliphatic rings. The molecule has 0 spiro atoms. The number of rotatable bonds is 5. The summed E-state index contributed by atoms with van der Waals surface area (Å²) in [6, 6.07) is 0. The first-order valence-corrected chi connectivity index (χ1v) is 3.87. The molecule has 0 saturated heterocycles. The van der Waals surface area contributed by atoms with E-state index in [1.807, 2.05) is 0 Å². The van der Waals surface area contributed by atoms with Gasteiger partial charge < -0.3 is 9.90 Å². The molecule has 0 aromatic carbocycles. The molecule has 3 nitrogen and oxygen atoms in total. The van der Waals surface area contributed by atoms with E-state index in [-0.39, 0.29) is 36.6 Å². The van der Waals surface area contributed by atoms with Crippen molar-refractivity contribution in [2.24, 2.45) is 0 Å². The summed E-state index contributed by atoms with van der Waals surface area (Å²) < 4.78 is 0. The molecule has 0 aliphatic carbocycles. The Bertz CT molecular complexity index is 204. The van der Waals surface area contributed by atoms with Gasteiger partial charge in [0.15, 0.2) is 0 Å². The molecule has 0 atom stereocenters. The Kier molecular flexibility index (Phi) is 5.00. The van der Waals surface area contributed by atoms with Crippen molar-refractivity contribution in [1.82, 2.24) is 0 Å². The minimum Gasteiger partial charge on any atom is -0.876 e. The lowest BCUT2D eigenvalue weighted by Gasteiger charge is -2.09. The smallest absolute Gasteiger partial charge is 0.133 e. The molecule has 3 heteroatoms. The molecule has 0 N–H and O–H groups in total. The number of Topliss-reactive ketones (excluding diaryl/α,β-unsaturated/α-hetero) is 2. The van der Waals surface area contributed by atoms with Crippen LogP contribution in [0, 0.1) is 0 Å². The van der Waals surface area contributed by atoms with Gasteiger partial charge in [-0.15, -0.1) is 5.76 Å². The second kappa shape index (κ2) is 5.52. The second-order valence-electron chi connectivity index (χ2n) is 2.78. The van der Waals surface area contributed by atoms with E-state index in [2.05, 4.69) is 0 Å².